The van der Waals surface area contributed by atoms with Crippen molar-refractivity contribution >= 4 is 23.3 Å². The average molecular weight is 392 g/mol. The molecular formula is C19H23ClFN5O. The maximum atomic E-state index is 14.2. The maximum Gasteiger partial charge on any atom is 0.242 e. The minimum absolute atomic E-state index is 0.0447. The van der Waals surface area contributed by atoms with Crippen molar-refractivity contribution in [2.24, 2.45) is 0 Å². The Kier molecular flexibility index (Phi) is 6.23. The molecule has 1 N–H and O–H groups in total. The fourth-order valence-corrected chi connectivity index (χ4v) is 3.46. The van der Waals surface area contributed by atoms with E-state index in [1.807, 2.05) is 6.07 Å². The lowest BCUT2D eigenvalue weighted by Crippen LogP contribution is -2.48. The summed E-state index contributed by atoms with van der Waals surface area (Å²) < 4.78 is 14.2. The van der Waals surface area contributed by atoms with Crippen LogP contribution in [0.4, 0.5) is 10.2 Å². The zero-order chi connectivity index (χ0) is 19.4. The predicted molar refractivity (Wildman–Crippen MR) is 103 cm³/mol. The molecule has 1 aromatic carbocycles. The van der Waals surface area contributed by atoms with E-state index in [-0.39, 0.29) is 17.8 Å². The molecule has 1 saturated heterocycles. The van der Waals surface area contributed by atoms with Crippen molar-refractivity contribution in [1.29, 1.82) is 0 Å². The Balaban J connectivity index is 1.61. The van der Waals surface area contributed by atoms with E-state index in [4.69, 9.17) is 11.6 Å². The molecule has 2 aromatic rings. The van der Waals surface area contributed by atoms with Crippen LogP contribution in [0, 0.1) is 5.82 Å². The Bertz CT molecular complexity index is 778. The first-order valence-electron chi connectivity index (χ1n) is 8.91. The Morgan fingerprint density at radius 1 is 1.22 bits per heavy atom. The molecule has 3 rings (SSSR count). The number of rotatable bonds is 5. The lowest BCUT2D eigenvalue weighted by molar-refractivity contribution is -0.126. The standard InChI is InChI=1S/C19H23ClFN5O/c1-25(2)18(14-5-3-4-6-15(14)21)19(27)22-13-9-11-26(12-10-13)17-8-7-16(20)23-24-17/h3-8,13,18H,9-12H2,1-2H3,(H,22,27). The first kappa shape index (κ1) is 19.5. The molecule has 0 radical (unpaired) electrons. The normalized spacial score (nSPS) is 16.4. The number of halogens is 2. The highest BCUT2D eigenvalue weighted by molar-refractivity contribution is 6.29. The fraction of sp³-hybridized carbons (Fsp3) is 0.421. The minimum Gasteiger partial charge on any atom is -0.355 e. The van der Waals surface area contributed by atoms with Crippen molar-refractivity contribution in [3.63, 3.8) is 0 Å². The minimum atomic E-state index is -0.661. The van der Waals surface area contributed by atoms with Crippen LogP contribution in [0.25, 0.3) is 0 Å². The number of amides is 1. The van der Waals surface area contributed by atoms with Gasteiger partial charge < -0.3 is 10.2 Å². The van der Waals surface area contributed by atoms with Gasteiger partial charge in [-0.15, -0.1) is 10.2 Å². The number of anilines is 1. The van der Waals surface area contributed by atoms with E-state index in [2.05, 4.69) is 20.4 Å². The number of benzene rings is 1. The van der Waals surface area contributed by atoms with Gasteiger partial charge in [-0.2, -0.15) is 0 Å². The molecule has 1 atom stereocenters. The summed E-state index contributed by atoms with van der Waals surface area (Å²) in [7, 11) is 3.55. The van der Waals surface area contributed by atoms with Gasteiger partial charge in [0.25, 0.3) is 0 Å². The van der Waals surface area contributed by atoms with Gasteiger partial charge in [0.15, 0.2) is 11.0 Å². The fourth-order valence-electron chi connectivity index (χ4n) is 3.36. The van der Waals surface area contributed by atoms with Crippen LogP contribution in [-0.4, -0.2) is 54.2 Å². The number of carbonyl (C=O) groups is 1. The Morgan fingerprint density at radius 2 is 1.93 bits per heavy atom. The molecule has 1 aliphatic heterocycles. The van der Waals surface area contributed by atoms with Gasteiger partial charge in [-0.05, 0) is 45.1 Å². The second-order valence-corrected chi connectivity index (χ2v) is 7.26. The van der Waals surface area contributed by atoms with Crippen molar-refractivity contribution in [2.45, 2.75) is 24.9 Å². The zero-order valence-corrected chi connectivity index (χ0v) is 16.2. The third-order valence-electron chi connectivity index (χ3n) is 4.75. The van der Waals surface area contributed by atoms with Gasteiger partial charge in [0, 0.05) is 24.7 Å². The number of aromatic nitrogens is 2. The first-order valence-corrected chi connectivity index (χ1v) is 9.29. The van der Waals surface area contributed by atoms with Gasteiger partial charge in [0.2, 0.25) is 5.91 Å². The SMILES string of the molecule is CN(C)C(C(=O)NC1CCN(c2ccc(Cl)nn2)CC1)c1ccccc1F. The smallest absolute Gasteiger partial charge is 0.242 e. The van der Waals surface area contributed by atoms with Crippen molar-refractivity contribution in [3.05, 3.63) is 52.9 Å². The first-order chi connectivity index (χ1) is 13.0. The van der Waals surface area contributed by atoms with E-state index < -0.39 is 6.04 Å². The largest absolute Gasteiger partial charge is 0.355 e. The van der Waals surface area contributed by atoms with Gasteiger partial charge in [0.05, 0.1) is 0 Å². The molecule has 0 saturated carbocycles. The molecule has 8 heteroatoms. The summed E-state index contributed by atoms with van der Waals surface area (Å²) in [6.07, 6.45) is 1.57. The molecule has 6 nitrogen and oxygen atoms in total. The number of nitrogens with zero attached hydrogens (tertiary/aromatic N) is 4. The molecule has 1 amide bonds. The topological polar surface area (TPSA) is 61.4 Å². The molecule has 0 bridgehead atoms. The Labute approximate surface area is 163 Å². The summed E-state index contributed by atoms with van der Waals surface area (Å²) in [5.41, 5.74) is 0.383. The summed E-state index contributed by atoms with van der Waals surface area (Å²) in [5.74, 6) is 0.221. The number of hydrogen-bond acceptors (Lipinski definition) is 5. The molecule has 2 heterocycles. The predicted octanol–water partition coefficient (Wildman–Crippen LogP) is 2.66. The van der Waals surface area contributed by atoms with Gasteiger partial charge in [-0.1, -0.05) is 29.8 Å². The monoisotopic (exact) mass is 391 g/mol. The quantitative estimate of drug-likeness (QED) is 0.849. The molecule has 1 aliphatic rings. The second kappa shape index (κ2) is 8.63. The molecule has 1 aromatic heterocycles. The molecule has 27 heavy (non-hydrogen) atoms. The van der Waals surface area contributed by atoms with E-state index in [1.165, 1.54) is 6.07 Å². The van der Waals surface area contributed by atoms with Crippen molar-refractivity contribution < 1.29 is 9.18 Å². The van der Waals surface area contributed by atoms with E-state index in [0.29, 0.717) is 10.7 Å². The van der Waals surface area contributed by atoms with E-state index >= 15 is 0 Å². The maximum absolute atomic E-state index is 14.2. The van der Waals surface area contributed by atoms with Crippen molar-refractivity contribution in [1.82, 2.24) is 20.4 Å². The Morgan fingerprint density at radius 3 is 2.52 bits per heavy atom. The van der Waals surface area contributed by atoms with Gasteiger partial charge in [0.1, 0.15) is 11.9 Å². The summed E-state index contributed by atoms with van der Waals surface area (Å²) in [5, 5.41) is 11.4. The van der Waals surface area contributed by atoms with Gasteiger partial charge in [-0.25, -0.2) is 4.39 Å². The highest BCUT2D eigenvalue weighted by Crippen LogP contribution is 2.23. The van der Waals surface area contributed by atoms with Gasteiger partial charge in [-0.3, -0.25) is 9.69 Å². The van der Waals surface area contributed by atoms with Crippen LogP contribution in [0.2, 0.25) is 5.15 Å². The van der Waals surface area contributed by atoms with Crippen LogP contribution in [0.5, 0.6) is 0 Å². The molecule has 1 unspecified atom stereocenters. The van der Waals surface area contributed by atoms with Crippen LogP contribution < -0.4 is 10.2 Å². The molecule has 144 valence electrons. The summed E-state index contributed by atoms with van der Waals surface area (Å²) in [6.45, 7) is 1.52. The van der Waals surface area contributed by atoms with Crippen LogP contribution in [-0.2, 0) is 4.79 Å². The van der Waals surface area contributed by atoms with Crippen LogP contribution in [0.1, 0.15) is 24.4 Å². The van der Waals surface area contributed by atoms with E-state index in [9.17, 15) is 9.18 Å². The number of piperidine rings is 1. The van der Waals surface area contributed by atoms with Gasteiger partial charge >= 0.3 is 0 Å². The number of carbonyl (C=O) groups excluding carboxylic acids is 1. The number of likely N-dealkylation sites (N-methyl/N-ethyl adjacent to an activating group) is 1. The van der Waals surface area contributed by atoms with E-state index in [0.717, 1.165) is 31.7 Å². The van der Waals surface area contributed by atoms with Crippen LogP contribution in [0.15, 0.2) is 36.4 Å². The lowest BCUT2D eigenvalue weighted by atomic mass is 10.0. The second-order valence-electron chi connectivity index (χ2n) is 6.87. The highest BCUT2D eigenvalue weighted by Gasteiger charge is 2.29. The van der Waals surface area contributed by atoms with E-state index in [1.54, 1.807) is 43.3 Å². The van der Waals surface area contributed by atoms with Crippen LogP contribution in [0.3, 0.4) is 0 Å². The number of hydrogen-bond donors (Lipinski definition) is 1. The number of nitrogens with one attached hydrogen (secondary N) is 1. The molecule has 0 spiro atoms. The average Bonchev–Trinajstić information content (AvgIpc) is 2.65. The van der Waals surface area contributed by atoms with Crippen LogP contribution >= 0.6 is 11.6 Å². The molecule has 1 fully saturated rings. The molecular weight excluding hydrogens is 369 g/mol. The summed E-state index contributed by atoms with van der Waals surface area (Å²) >= 11 is 5.78. The Hall–Kier alpha value is -2.25. The zero-order valence-electron chi connectivity index (χ0n) is 15.4. The summed E-state index contributed by atoms with van der Waals surface area (Å²) in [4.78, 5) is 16.7. The highest BCUT2D eigenvalue weighted by atomic mass is 35.5. The third-order valence-corrected chi connectivity index (χ3v) is 4.95. The third kappa shape index (κ3) is 4.73. The molecule has 0 aliphatic carbocycles. The lowest BCUT2D eigenvalue weighted by Gasteiger charge is -2.34. The van der Waals surface area contributed by atoms with Crippen molar-refractivity contribution in [3.8, 4) is 0 Å². The summed E-state index contributed by atoms with van der Waals surface area (Å²) in [6, 6.07) is 9.34. The van der Waals surface area contributed by atoms with Crippen molar-refractivity contribution in [2.75, 3.05) is 32.1 Å².